The fraction of sp³-hybridized carbons (Fsp3) is 0.273. The highest BCUT2D eigenvalue weighted by molar-refractivity contribution is 6.01. The third-order valence-corrected chi connectivity index (χ3v) is 4.86. The third kappa shape index (κ3) is 3.71. The summed E-state index contributed by atoms with van der Waals surface area (Å²) < 4.78 is 11.0. The molecule has 1 aliphatic rings. The fourth-order valence-electron chi connectivity index (χ4n) is 3.28. The summed E-state index contributed by atoms with van der Waals surface area (Å²) in [7, 11) is 0. The summed E-state index contributed by atoms with van der Waals surface area (Å²) in [5, 5.41) is 9.20. The van der Waals surface area contributed by atoms with Crippen molar-refractivity contribution in [2.75, 3.05) is 11.9 Å². The minimum atomic E-state index is -0.271. The Morgan fingerprint density at radius 1 is 1.14 bits per heavy atom. The van der Waals surface area contributed by atoms with E-state index in [1.807, 2.05) is 36.4 Å². The van der Waals surface area contributed by atoms with E-state index in [2.05, 4.69) is 36.4 Å². The van der Waals surface area contributed by atoms with Gasteiger partial charge in [-0.05, 0) is 47.9 Å². The number of anilines is 1. The van der Waals surface area contributed by atoms with Gasteiger partial charge in [-0.25, -0.2) is 5.01 Å². The Labute approximate surface area is 163 Å². The normalized spacial score (nSPS) is 16.5. The van der Waals surface area contributed by atoms with Crippen LogP contribution in [0.2, 0.25) is 0 Å². The quantitative estimate of drug-likeness (QED) is 0.671. The second kappa shape index (κ2) is 7.76. The van der Waals surface area contributed by atoms with Crippen LogP contribution in [0.25, 0.3) is 0 Å². The molecule has 1 atom stereocenters. The molecule has 3 heterocycles. The maximum atomic E-state index is 12.9. The molecule has 0 fully saturated rings. The standard InChI is InChI=1S/C22H23N3O3/c1-15(2)16-7-9-17(10-8-16)23-14-22(26)25-19(21-6-4-12-28-21)13-18(24-25)20-5-3-11-27-20/h3-12,15,19,23H,13-14H2,1-2H3. The molecule has 3 aromatic rings. The van der Waals surface area contributed by atoms with E-state index in [1.54, 1.807) is 12.5 Å². The molecule has 1 aromatic carbocycles. The van der Waals surface area contributed by atoms with Crippen molar-refractivity contribution in [1.82, 2.24) is 5.01 Å². The topological polar surface area (TPSA) is 71.0 Å². The molecule has 28 heavy (non-hydrogen) atoms. The first-order valence-electron chi connectivity index (χ1n) is 9.42. The number of hydrogen-bond donors (Lipinski definition) is 1. The van der Waals surface area contributed by atoms with Gasteiger partial charge in [-0.3, -0.25) is 4.79 Å². The molecule has 1 N–H and O–H groups in total. The van der Waals surface area contributed by atoms with Crippen molar-refractivity contribution in [3.8, 4) is 0 Å². The van der Waals surface area contributed by atoms with Gasteiger partial charge >= 0.3 is 0 Å². The van der Waals surface area contributed by atoms with Gasteiger partial charge in [0.05, 0.1) is 19.1 Å². The Balaban J connectivity index is 1.48. The predicted molar refractivity (Wildman–Crippen MR) is 107 cm³/mol. The average Bonchev–Trinajstić information content (AvgIpc) is 3.46. The number of nitrogens with zero attached hydrogens (tertiary/aromatic N) is 2. The Morgan fingerprint density at radius 2 is 1.89 bits per heavy atom. The summed E-state index contributed by atoms with van der Waals surface area (Å²) in [6, 6.07) is 15.2. The number of nitrogens with one attached hydrogen (secondary N) is 1. The van der Waals surface area contributed by atoms with E-state index in [9.17, 15) is 4.79 Å². The van der Waals surface area contributed by atoms with Crippen LogP contribution in [0, 0.1) is 0 Å². The molecular formula is C22H23N3O3. The largest absolute Gasteiger partial charge is 0.467 e. The van der Waals surface area contributed by atoms with Gasteiger partial charge in [0.1, 0.15) is 23.3 Å². The minimum absolute atomic E-state index is 0.129. The van der Waals surface area contributed by atoms with E-state index in [-0.39, 0.29) is 18.5 Å². The van der Waals surface area contributed by atoms with Crippen molar-refractivity contribution in [2.45, 2.75) is 32.2 Å². The molecular weight excluding hydrogens is 354 g/mol. The molecule has 0 saturated heterocycles. The number of carbonyl (C=O) groups is 1. The lowest BCUT2D eigenvalue weighted by molar-refractivity contribution is -0.131. The van der Waals surface area contributed by atoms with Crippen LogP contribution in [-0.4, -0.2) is 23.2 Å². The highest BCUT2D eigenvalue weighted by Crippen LogP contribution is 2.33. The second-order valence-corrected chi connectivity index (χ2v) is 7.13. The molecule has 0 spiro atoms. The van der Waals surface area contributed by atoms with Crippen LogP contribution < -0.4 is 5.32 Å². The zero-order valence-corrected chi connectivity index (χ0v) is 16.0. The van der Waals surface area contributed by atoms with E-state index in [0.29, 0.717) is 23.9 Å². The molecule has 6 nitrogen and oxygen atoms in total. The molecule has 4 rings (SSSR count). The van der Waals surface area contributed by atoms with Crippen LogP contribution in [0.5, 0.6) is 0 Å². The van der Waals surface area contributed by atoms with Gasteiger partial charge in [-0.15, -0.1) is 0 Å². The van der Waals surface area contributed by atoms with Gasteiger partial charge in [0.25, 0.3) is 5.91 Å². The number of carbonyl (C=O) groups excluding carboxylic acids is 1. The highest BCUT2D eigenvalue weighted by atomic mass is 16.3. The van der Waals surface area contributed by atoms with Gasteiger partial charge in [-0.1, -0.05) is 26.0 Å². The molecule has 2 aromatic heterocycles. The van der Waals surface area contributed by atoms with E-state index in [1.165, 1.54) is 10.6 Å². The smallest absolute Gasteiger partial charge is 0.262 e. The van der Waals surface area contributed by atoms with Crippen molar-refractivity contribution in [3.05, 3.63) is 78.1 Å². The van der Waals surface area contributed by atoms with E-state index in [0.717, 1.165) is 11.4 Å². The van der Waals surface area contributed by atoms with Crippen LogP contribution in [0.15, 0.2) is 75.0 Å². The van der Waals surface area contributed by atoms with Crippen molar-refractivity contribution < 1.29 is 13.6 Å². The van der Waals surface area contributed by atoms with Crippen LogP contribution in [0.3, 0.4) is 0 Å². The number of hydrazone groups is 1. The number of hydrogen-bond acceptors (Lipinski definition) is 5. The molecule has 1 aliphatic heterocycles. The lowest BCUT2D eigenvalue weighted by atomic mass is 10.0. The highest BCUT2D eigenvalue weighted by Gasteiger charge is 2.35. The van der Waals surface area contributed by atoms with E-state index >= 15 is 0 Å². The summed E-state index contributed by atoms with van der Waals surface area (Å²) >= 11 is 0. The van der Waals surface area contributed by atoms with E-state index < -0.39 is 0 Å². The van der Waals surface area contributed by atoms with Crippen LogP contribution >= 0.6 is 0 Å². The average molecular weight is 377 g/mol. The fourth-order valence-corrected chi connectivity index (χ4v) is 3.28. The van der Waals surface area contributed by atoms with Gasteiger partial charge in [-0.2, -0.15) is 5.10 Å². The predicted octanol–water partition coefficient (Wildman–Crippen LogP) is 4.79. The molecule has 144 valence electrons. The van der Waals surface area contributed by atoms with Crippen LogP contribution in [0.1, 0.15) is 49.3 Å². The first-order chi connectivity index (χ1) is 13.6. The third-order valence-electron chi connectivity index (χ3n) is 4.86. The molecule has 1 amide bonds. The first-order valence-corrected chi connectivity index (χ1v) is 9.42. The monoisotopic (exact) mass is 377 g/mol. The minimum Gasteiger partial charge on any atom is -0.467 e. The summed E-state index contributed by atoms with van der Waals surface area (Å²) in [4.78, 5) is 12.9. The maximum absolute atomic E-state index is 12.9. The molecule has 1 unspecified atom stereocenters. The second-order valence-electron chi connectivity index (χ2n) is 7.13. The van der Waals surface area contributed by atoms with Crippen LogP contribution in [-0.2, 0) is 4.79 Å². The van der Waals surface area contributed by atoms with Crippen molar-refractivity contribution in [2.24, 2.45) is 5.10 Å². The summed E-state index contributed by atoms with van der Waals surface area (Å²) in [6.45, 7) is 4.46. The lowest BCUT2D eigenvalue weighted by Gasteiger charge is -2.20. The number of amides is 1. The summed E-state index contributed by atoms with van der Waals surface area (Å²) in [6.07, 6.45) is 3.76. The Bertz CT molecular complexity index is 942. The van der Waals surface area contributed by atoms with Crippen LogP contribution in [0.4, 0.5) is 5.69 Å². The van der Waals surface area contributed by atoms with Gasteiger partial charge in [0.15, 0.2) is 0 Å². The van der Waals surface area contributed by atoms with Crippen molar-refractivity contribution in [1.29, 1.82) is 0 Å². The SMILES string of the molecule is CC(C)c1ccc(NCC(=O)N2N=C(c3ccco3)CC2c2ccco2)cc1. The molecule has 6 heteroatoms. The van der Waals surface area contributed by atoms with Gasteiger partial charge in [0, 0.05) is 12.1 Å². The Hall–Kier alpha value is -3.28. The van der Waals surface area contributed by atoms with Gasteiger partial charge < -0.3 is 14.2 Å². The van der Waals surface area contributed by atoms with Gasteiger partial charge in [0.2, 0.25) is 0 Å². The van der Waals surface area contributed by atoms with Crippen molar-refractivity contribution >= 4 is 17.3 Å². The molecule has 0 saturated carbocycles. The number of furan rings is 2. The Morgan fingerprint density at radius 3 is 2.54 bits per heavy atom. The summed E-state index contributed by atoms with van der Waals surface area (Å²) in [5.41, 5.74) is 2.91. The number of benzene rings is 1. The Kier molecular flexibility index (Phi) is 5.02. The maximum Gasteiger partial charge on any atom is 0.262 e. The summed E-state index contributed by atoms with van der Waals surface area (Å²) in [5.74, 6) is 1.73. The zero-order chi connectivity index (χ0) is 19.5. The molecule has 0 aliphatic carbocycles. The van der Waals surface area contributed by atoms with E-state index in [4.69, 9.17) is 8.83 Å². The lowest BCUT2D eigenvalue weighted by Crippen LogP contribution is -2.32. The zero-order valence-electron chi connectivity index (χ0n) is 16.0. The first kappa shape index (κ1) is 18.1. The number of rotatable bonds is 6. The molecule has 0 radical (unpaired) electrons. The molecule has 0 bridgehead atoms. The van der Waals surface area contributed by atoms with Crippen molar-refractivity contribution in [3.63, 3.8) is 0 Å².